The van der Waals surface area contributed by atoms with Crippen molar-refractivity contribution in [2.45, 2.75) is 90.4 Å². The Morgan fingerprint density at radius 1 is 0.906 bits per heavy atom. The highest BCUT2D eigenvalue weighted by Crippen LogP contribution is 2.40. The van der Waals surface area contributed by atoms with Crippen LogP contribution in [0, 0.1) is 5.41 Å². The Morgan fingerprint density at radius 2 is 1.62 bits per heavy atom. The number of nitrogens with zero attached hydrogens (tertiary/aromatic N) is 5. The molecule has 14 nitrogen and oxygen atoms in total. The van der Waals surface area contributed by atoms with Gasteiger partial charge < -0.3 is 24.9 Å². The predicted molar refractivity (Wildman–Crippen MR) is 238 cm³/mol. The molecule has 0 saturated carbocycles. The molecule has 0 aromatic heterocycles. The van der Waals surface area contributed by atoms with Crippen molar-refractivity contribution in [3.05, 3.63) is 99.2 Å². The summed E-state index contributed by atoms with van der Waals surface area (Å²) in [7, 11) is 1.61. The zero-order valence-electron chi connectivity index (χ0n) is 36.6. The van der Waals surface area contributed by atoms with E-state index in [2.05, 4.69) is 10.6 Å². The summed E-state index contributed by atoms with van der Waals surface area (Å²) in [4.78, 5) is 83.1. The van der Waals surface area contributed by atoms with Crippen molar-refractivity contribution in [3.8, 4) is 11.1 Å². The molecule has 64 heavy (non-hydrogen) atoms. The van der Waals surface area contributed by atoms with Crippen LogP contribution >= 0.6 is 0 Å². The number of benzene rings is 3. The summed E-state index contributed by atoms with van der Waals surface area (Å²) in [6, 6.07) is 15.7. The molecule has 3 aromatic rings. The smallest absolute Gasteiger partial charge is 0.264 e. The number of aryl methyl sites for hydroxylation is 1. The molecule has 3 N–H and O–H groups in total. The zero-order chi connectivity index (χ0) is 45.7. The second-order valence-corrected chi connectivity index (χ2v) is 17.2. The van der Waals surface area contributed by atoms with Crippen LogP contribution in [-0.4, -0.2) is 120 Å². The van der Waals surface area contributed by atoms with E-state index in [9.17, 15) is 43.0 Å². The van der Waals surface area contributed by atoms with E-state index in [0.717, 1.165) is 28.8 Å². The van der Waals surface area contributed by atoms with Crippen molar-refractivity contribution in [1.29, 1.82) is 5.41 Å². The molecule has 1 saturated heterocycles. The van der Waals surface area contributed by atoms with E-state index in [1.54, 1.807) is 31.0 Å². The minimum Gasteiger partial charge on any atom is -0.385 e. The zero-order valence-corrected chi connectivity index (χ0v) is 36.6. The van der Waals surface area contributed by atoms with Gasteiger partial charge in [0.2, 0.25) is 24.1 Å². The van der Waals surface area contributed by atoms with E-state index in [1.165, 1.54) is 17.9 Å². The van der Waals surface area contributed by atoms with Gasteiger partial charge in [-0.25, -0.2) is 8.78 Å². The highest BCUT2D eigenvalue weighted by atomic mass is 19.3. The van der Waals surface area contributed by atoms with Gasteiger partial charge in [-0.2, -0.15) is 0 Å². The topological polar surface area (TPSA) is 167 Å². The normalized spacial score (nSPS) is 17.1. The van der Waals surface area contributed by atoms with Gasteiger partial charge in [0.15, 0.2) is 6.29 Å². The van der Waals surface area contributed by atoms with E-state index in [0.29, 0.717) is 106 Å². The fraction of sp³-hybridized carbons (Fsp3) is 0.438. The van der Waals surface area contributed by atoms with Gasteiger partial charge in [0.25, 0.3) is 12.3 Å². The average Bonchev–Trinajstić information content (AvgIpc) is 3.70. The van der Waals surface area contributed by atoms with Crippen LogP contribution in [0.15, 0.2) is 65.9 Å². The molecular weight excluding hydrogens is 823 g/mol. The SMILES string of the molecule is CC(=O)N1CCC(NC2CCN(C(=O)CN3Cc4cc(C=O)c(C(=O)N(C)C(C)CCC(=O)NC=O)cc4C3)CC2)=C(C(=N)N2CCCc3cc(-c4ccccc4)c(C(F)F)cc32)C1. The monoisotopic (exact) mass is 878 g/mol. The number of likely N-dealkylation sites (tertiary alicyclic amines) is 1. The van der Waals surface area contributed by atoms with E-state index < -0.39 is 12.3 Å². The lowest BCUT2D eigenvalue weighted by Crippen LogP contribution is -2.49. The van der Waals surface area contributed by atoms with Gasteiger partial charge in [-0.15, -0.1) is 0 Å². The van der Waals surface area contributed by atoms with Gasteiger partial charge in [-0.1, -0.05) is 30.3 Å². The molecule has 1 fully saturated rings. The number of carbonyl (C=O) groups is 6. The van der Waals surface area contributed by atoms with E-state index in [-0.39, 0.29) is 71.8 Å². The van der Waals surface area contributed by atoms with E-state index in [4.69, 9.17) is 0 Å². The molecule has 1 unspecified atom stereocenters. The summed E-state index contributed by atoms with van der Waals surface area (Å²) >= 11 is 0. The lowest BCUT2D eigenvalue weighted by Gasteiger charge is -2.39. The molecule has 4 aliphatic rings. The van der Waals surface area contributed by atoms with Crippen LogP contribution in [0.3, 0.4) is 0 Å². The lowest BCUT2D eigenvalue weighted by molar-refractivity contribution is -0.133. The molecule has 338 valence electrons. The second kappa shape index (κ2) is 20.0. The minimum absolute atomic E-state index is 0.0151. The van der Waals surface area contributed by atoms with Crippen LogP contribution in [0.5, 0.6) is 0 Å². The Kier molecular flexibility index (Phi) is 14.3. The first kappa shape index (κ1) is 45.7. The number of halogens is 2. The van der Waals surface area contributed by atoms with Gasteiger partial charge in [-0.05, 0) is 91.1 Å². The molecule has 4 heterocycles. The summed E-state index contributed by atoms with van der Waals surface area (Å²) in [6.45, 7) is 6.59. The molecule has 0 aliphatic carbocycles. The van der Waals surface area contributed by atoms with Crippen LogP contribution in [0.25, 0.3) is 11.1 Å². The number of imide groups is 1. The van der Waals surface area contributed by atoms with Crippen LogP contribution in [-0.2, 0) is 38.7 Å². The summed E-state index contributed by atoms with van der Waals surface area (Å²) < 4.78 is 29.2. The van der Waals surface area contributed by atoms with Gasteiger partial charge >= 0.3 is 0 Å². The van der Waals surface area contributed by atoms with Crippen LogP contribution in [0.2, 0.25) is 0 Å². The number of alkyl halides is 2. The predicted octanol–water partition coefficient (Wildman–Crippen LogP) is 5.45. The number of hydrogen-bond acceptors (Lipinski definition) is 9. The van der Waals surface area contributed by atoms with Crippen LogP contribution < -0.4 is 15.5 Å². The van der Waals surface area contributed by atoms with Crippen molar-refractivity contribution in [1.82, 2.24) is 30.2 Å². The van der Waals surface area contributed by atoms with Gasteiger partial charge in [0, 0.05) is 106 Å². The Hall–Kier alpha value is -6.29. The number of fused-ring (bicyclic) bond motifs is 2. The number of amidine groups is 1. The summed E-state index contributed by atoms with van der Waals surface area (Å²) in [5.41, 5.74) is 6.39. The number of nitrogens with one attached hydrogen (secondary N) is 3. The largest absolute Gasteiger partial charge is 0.385 e. The third-order valence-corrected chi connectivity index (χ3v) is 13.1. The molecule has 0 radical (unpaired) electrons. The summed E-state index contributed by atoms with van der Waals surface area (Å²) in [5.74, 6) is -0.730. The van der Waals surface area contributed by atoms with E-state index >= 15 is 0 Å². The molecule has 3 aromatic carbocycles. The van der Waals surface area contributed by atoms with E-state index in [1.807, 2.05) is 51.1 Å². The number of piperidine rings is 1. The molecule has 4 aliphatic heterocycles. The third-order valence-electron chi connectivity index (χ3n) is 13.1. The maximum Gasteiger partial charge on any atom is 0.264 e. The first-order valence-corrected chi connectivity index (χ1v) is 22.0. The molecule has 16 heteroatoms. The van der Waals surface area contributed by atoms with Gasteiger partial charge in [0.05, 0.1) is 18.7 Å². The van der Waals surface area contributed by atoms with Crippen molar-refractivity contribution >= 4 is 47.8 Å². The maximum atomic E-state index is 14.6. The molecule has 5 amide bonds. The van der Waals surface area contributed by atoms with Crippen molar-refractivity contribution < 1.29 is 37.5 Å². The van der Waals surface area contributed by atoms with Crippen LogP contribution in [0.1, 0.15) is 102 Å². The van der Waals surface area contributed by atoms with Crippen molar-refractivity contribution in [2.24, 2.45) is 0 Å². The fourth-order valence-electron chi connectivity index (χ4n) is 9.31. The van der Waals surface area contributed by atoms with Gasteiger partial charge in [-0.3, -0.25) is 44.4 Å². The molecule has 7 rings (SSSR count). The number of hydrogen-bond donors (Lipinski definition) is 3. The highest BCUT2D eigenvalue weighted by Gasteiger charge is 2.34. The maximum absolute atomic E-state index is 14.6. The Labute approximate surface area is 372 Å². The molecule has 0 spiro atoms. The highest BCUT2D eigenvalue weighted by molar-refractivity contribution is 6.09. The van der Waals surface area contributed by atoms with Crippen molar-refractivity contribution in [3.63, 3.8) is 0 Å². The van der Waals surface area contributed by atoms with Crippen molar-refractivity contribution in [2.75, 3.05) is 51.2 Å². The number of anilines is 1. The number of aldehydes is 1. The standard InChI is InChI=1S/C48H56F2N8O6/c1-30(11-12-44(62)52-29-60)54(3)48(64)39-22-35-25-55(24-34(35)20-36(39)28-59)27-45(63)56-17-13-37(14-18-56)53-42-15-19-57(31(2)61)26-41(42)47(51)58-16-7-10-33-21-38(32-8-5-4-6-9-32)40(46(49)50)23-43(33)58/h4-6,8-9,20-23,28-30,37,46,51,53H,7,10-19,24-27H2,1-3H3,(H,52,60,62). The number of rotatable bonds is 14. The Balaban J connectivity index is 0.988. The minimum atomic E-state index is -2.71. The van der Waals surface area contributed by atoms with Gasteiger partial charge in [0.1, 0.15) is 5.84 Å². The van der Waals surface area contributed by atoms with Crippen LogP contribution in [0.4, 0.5) is 14.5 Å². The third kappa shape index (κ3) is 10.1. The average molecular weight is 879 g/mol. The summed E-state index contributed by atoms with van der Waals surface area (Å²) in [6.07, 6.45) is 1.95. The number of amides is 5. The number of carbonyl (C=O) groups excluding carboxylic acids is 6. The first-order valence-electron chi connectivity index (χ1n) is 22.0. The Morgan fingerprint density at radius 3 is 2.30 bits per heavy atom. The fourth-order valence-corrected chi connectivity index (χ4v) is 9.31. The molecule has 0 bridgehead atoms. The second-order valence-electron chi connectivity index (χ2n) is 17.2. The Bertz CT molecular complexity index is 2350. The molecule has 1 atom stereocenters. The quantitative estimate of drug-likeness (QED) is 0.109. The molecular formula is C48H56F2N8O6. The summed E-state index contributed by atoms with van der Waals surface area (Å²) in [5, 5.41) is 15.3. The first-order chi connectivity index (χ1) is 30.8. The lowest BCUT2D eigenvalue weighted by atomic mass is 9.91.